The fraction of sp³-hybridized carbons (Fsp3) is 0.312. The minimum absolute atomic E-state index is 0.248. The Labute approximate surface area is 119 Å². The molecule has 0 aliphatic rings. The van der Waals surface area contributed by atoms with E-state index >= 15 is 0 Å². The summed E-state index contributed by atoms with van der Waals surface area (Å²) in [6, 6.07) is 12.4. The third kappa shape index (κ3) is 3.79. The molecule has 2 nitrogen and oxygen atoms in total. The molecule has 100 valence electrons. The van der Waals surface area contributed by atoms with Crippen molar-refractivity contribution in [2.24, 2.45) is 0 Å². The summed E-state index contributed by atoms with van der Waals surface area (Å²) < 4.78 is 0. The molecular formula is C16H19ClN2. The van der Waals surface area contributed by atoms with Gasteiger partial charge in [-0.2, -0.15) is 0 Å². The van der Waals surface area contributed by atoms with Gasteiger partial charge < -0.3 is 5.32 Å². The molecule has 0 aliphatic heterocycles. The van der Waals surface area contributed by atoms with Gasteiger partial charge in [-0.05, 0) is 43.1 Å². The van der Waals surface area contributed by atoms with Crippen LogP contribution in [0.5, 0.6) is 0 Å². The van der Waals surface area contributed by atoms with E-state index in [4.69, 9.17) is 11.6 Å². The van der Waals surface area contributed by atoms with E-state index in [0.717, 1.165) is 29.2 Å². The molecule has 1 heterocycles. The Morgan fingerprint density at radius 1 is 1.21 bits per heavy atom. The zero-order valence-corrected chi connectivity index (χ0v) is 12.1. The van der Waals surface area contributed by atoms with Gasteiger partial charge in [-0.1, -0.05) is 42.8 Å². The molecule has 0 saturated carbocycles. The molecule has 1 aromatic carbocycles. The summed E-state index contributed by atoms with van der Waals surface area (Å²) in [5.41, 5.74) is 3.40. The second-order valence-electron chi connectivity index (χ2n) is 4.64. The van der Waals surface area contributed by atoms with Gasteiger partial charge in [-0.3, -0.25) is 4.98 Å². The lowest BCUT2D eigenvalue weighted by Crippen LogP contribution is -2.23. The summed E-state index contributed by atoms with van der Waals surface area (Å²) in [7, 11) is 0. The molecule has 0 radical (unpaired) electrons. The second-order valence-corrected chi connectivity index (χ2v) is 5.05. The fourth-order valence-electron chi connectivity index (χ4n) is 2.12. The summed E-state index contributed by atoms with van der Waals surface area (Å²) in [6.07, 6.45) is 2.82. The number of benzene rings is 1. The number of aryl methyl sites for hydroxylation is 1. The number of hydrogen-bond donors (Lipinski definition) is 1. The molecule has 0 aliphatic carbocycles. The van der Waals surface area contributed by atoms with Crippen LogP contribution in [-0.2, 0) is 6.42 Å². The van der Waals surface area contributed by atoms with Gasteiger partial charge in [0.2, 0.25) is 0 Å². The van der Waals surface area contributed by atoms with Crippen LogP contribution in [0.3, 0.4) is 0 Å². The largest absolute Gasteiger partial charge is 0.310 e. The highest BCUT2D eigenvalue weighted by atomic mass is 35.5. The van der Waals surface area contributed by atoms with Crippen LogP contribution in [0.1, 0.15) is 29.8 Å². The fourth-order valence-corrected chi connectivity index (χ4v) is 2.34. The van der Waals surface area contributed by atoms with Gasteiger partial charge in [-0.15, -0.1) is 0 Å². The van der Waals surface area contributed by atoms with Crippen LogP contribution in [0, 0.1) is 6.92 Å². The van der Waals surface area contributed by atoms with Crippen molar-refractivity contribution in [3.8, 4) is 0 Å². The molecule has 1 atom stereocenters. The van der Waals surface area contributed by atoms with Crippen molar-refractivity contribution in [1.29, 1.82) is 0 Å². The maximum atomic E-state index is 6.24. The number of hydrogen-bond acceptors (Lipinski definition) is 2. The number of pyridine rings is 1. The van der Waals surface area contributed by atoms with Crippen molar-refractivity contribution in [2.45, 2.75) is 26.3 Å². The van der Waals surface area contributed by atoms with Crippen LogP contribution in [0.4, 0.5) is 0 Å². The van der Waals surface area contributed by atoms with Crippen molar-refractivity contribution in [1.82, 2.24) is 10.3 Å². The Bertz CT molecular complexity index is 523. The van der Waals surface area contributed by atoms with Crippen molar-refractivity contribution < 1.29 is 0 Å². The topological polar surface area (TPSA) is 24.9 Å². The first-order valence-electron chi connectivity index (χ1n) is 6.60. The maximum absolute atomic E-state index is 6.24. The zero-order chi connectivity index (χ0) is 13.7. The lowest BCUT2D eigenvalue weighted by molar-refractivity contribution is 0.548. The molecule has 0 spiro atoms. The third-order valence-corrected chi connectivity index (χ3v) is 3.54. The number of aromatic nitrogens is 1. The molecule has 0 amide bonds. The quantitative estimate of drug-likeness (QED) is 0.893. The maximum Gasteiger partial charge on any atom is 0.0438 e. The average molecular weight is 275 g/mol. The SMILES string of the molecule is CCNC(Cc1ccccc1Cl)c1ccc(C)nc1. The number of rotatable bonds is 5. The van der Waals surface area contributed by atoms with Crippen LogP contribution in [-0.4, -0.2) is 11.5 Å². The van der Waals surface area contributed by atoms with Gasteiger partial charge in [0.15, 0.2) is 0 Å². The number of nitrogens with one attached hydrogen (secondary N) is 1. The van der Waals surface area contributed by atoms with Crippen molar-refractivity contribution in [3.63, 3.8) is 0 Å². The van der Waals surface area contributed by atoms with Crippen LogP contribution in [0.2, 0.25) is 5.02 Å². The predicted octanol–water partition coefficient (Wildman–Crippen LogP) is 3.94. The highest BCUT2D eigenvalue weighted by Gasteiger charge is 2.13. The van der Waals surface area contributed by atoms with E-state index in [1.807, 2.05) is 37.4 Å². The monoisotopic (exact) mass is 274 g/mol. The van der Waals surface area contributed by atoms with E-state index in [0.29, 0.717) is 0 Å². The summed E-state index contributed by atoms with van der Waals surface area (Å²) in [5, 5.41) is 4.32. The summed E-state index contributed by atoms with van der Waals surface area (Å²) >= 11 is 6.24. The molecule has 1 unspecified atom stereocenters. The minimum atomic E-state index is 0.248. The molecule has 19 heavy (non-hydrogen) atoms. The van der Waals surface area contributed by atoms with Crippen LogP contribution in [0.15, 0.2) is 42.6 Å². The number of nitrogens with zero attached hydrogens (tertiary/aromatic N) is 1. The average Bonchev–Trinajstić information content (AvgIpc) is 2.42. The van der Waals surface area contributed by atoms with Crippen molar-refractivity contribution in [3.05, 3.63) is 64.4 Å². The van der Waals surface area contributed by atoms with Gasteiger partial charge in [0, 0.05) is 23.0 Å². The first-order valence-corrected chi connectivity index (χ1v) is 6.98. The van der Waals surface area contributed by atoms with Crippen LogP contribution >= 0.6 is 11.6 Å². The van der Waals surface area contributed by atoms with Gasteiger partial charge in [0.1, 0.15) is 0 Å². The molecular weight excluding hydrogens is 256 g/mol. The van der Waals surface area contributed by atoms with Gasteiger partial charge in [-0.25, -0.2) is 0 Å². The van der Waals surface area contributed by atoms with Crippen molar-refractivity contribution >= 4 is 11.6 Å². The molecule has 2 rings (SSSR count). The third-order valence-electron chi connectivity index (χ3n) is 3.17. The molecule has 0 fully saturated rings. The molecule has 0 saturated heterocycles. The first kappa shape index (κ1) is 14.0. The molecule has 0 bridgehead atoms. The Morgan fingerprint density at radius 2 is 2.00 bits per heavy atom. The molecule has 1 aromatic heterocycles. The highest BCUT2D eigenvalue weighted by Crippen LogP contribution is 2.23. The van der Waals surface area contributed by atoms with E-state index in [9.17, 15) is 0 Å². The minimum Gasteiger partial charge on any atom is -0.310 e. The summed E-state index contributed by atoms with van der Waals surface area (Å²) in [5.74, 6) is 0. The van der Waals surface area contributed by atoms with E-state index in [1.54, 1.807) is 0 Å². The number of likely N-dealkylation sites (N-methyl/N-ethyl adjacent to an activating group) is 1. The molecule has 3 heteroatoms. The second kappa shape index (κ2) is 6.69. The standard InChI is InChI=1S/C16H19ClN2/c1-3-18-16(14-9-8-12(2)19-11-14)10-13-6-4-5-7-15(13)17/h4-9,11,16,18H,3,10H2,1-2H3. The van der Waals surface area contributed by atoms with Gasteiger partial charge in [0.05, 0.1) is 0 Å². The number of halogens is 1. The Kier molecular flexibility index (Phi) is 4.94. The van der Waals surface area contributed by atoms with Gasteiger partial charge in [0.25, 0.3) is 0 Å². The summed E-state index contributed by atoms with van der Waals surface area (Å²) in [4.78, 5) is 4.37. The normalized spacial score (nSPS) is 12.4. The van der Waals surface area contributed by atoms with E-state index in [-0.39, 0.29) is 6.04 Å². The molecule has 1 N–H and O–H groups in total. The van der Waals surface area contributed by atoms with Crippen LogP contribution < -0.4 is 5.32 Å². The Morgan fingerprint density at radius 3 is 2.63 bits per heavy atom. The van der Waals surface area contributed by atoms with Crippen LogP contribution in [0.25, 0.3) is 0 Å². The zero-order valence-electron chi connectivity index (χ0n) is 11.4. The predicted molar refractivity (Wildman–Crippen MR) is 80.5 cm³/mol. The van der Waals surface area contributed by atoms with Crippen molar-refractivity contribution in [2.75, 3.05) is 6.54 Å². The lowest BCUT2D eigenvalue weighted by atomic mass is 10.00. The Balaban J connectivity index is 2.21. The highest BCUT2D eigenvalue weighted by molar-refractivity contribution is 6.31. The lowest BCUT2D eigenvalue weighted by Gasteiger charge is -2.19. The summed E-state index contributed by atoms with van der Waals surface area (Å²) in [6.45, 7) is 5.03. The Hall–Kier alpha value is -1.38. The van der Waals surface area contributed by atoms with E-state index in [2.05, 4.69) is 29.4 Å². The van der Waals surface area contributed by atoms with E-state index in [1.165, 1.54) is 5.56 Å². The van der Waals surface area contributed by atoms with E-state index < -0.39 is 0 Å². The first-order chi connectivity index (χ1) is 9.20. The van der Waals surface area contributed by atoms with Gasteiger partial charge >= 0.3 is 0 Å². The smallest absolute Gasteiger partial charge is 0.0438 e. The molecule has 2 aromatic rings.